The molecule has 1 aliphatic heterocycles. The van der Waals surface area contributed by atoms with Crippen LogP contribution in [0, 0.1) is 0 Å². The summed E-state index contributed by atoms with van der Waals surface area (Å²) in [5.41, 5.74) is -0.624. The second kappa shape index (κ2) is 6.60. The molecule has 4 N–H and O–H groups in total. The molecule has 22 heavy (non-hydrogen) atoms. The highest BCUT2D eigenvalue weighted by Gasteiger charge is 2.46. The molecule has 0 aromatic carbocycles. The van der Waals surface area contributed by atoms with E-state index in [-0.39, 0.29) is 5.82 Å². The SMILES string of the molecule is CS(=O)(=O)O[C@@H]1[C@@H](O)[C@H](Nc2[nH]c(=O)ncc2Br)O[C@@H]1CO. The van der Waals surface area contributed by atoms with Crippen LogP contribution in [0.3, 0.4) is 0 Å². The molecule has 1 aliphatic rings. The van der Waals surface area contributed by atoms with E-state index in [0.29, 0.717) is 4.47 Å². The molecule has 124 valence electrons. The zero-order valence-electron chi connectivity index (χ0n) is 11.3. The molecule has 2 rings (SSSR count). The number of H-pyrrole nitrogens is 1. The average Bonchev–Trinajstić information content (AvgIpc) is 2.70. The van der Waals surface area contributed by atoms with Crippen LogP contribution < -0.4 is 11.0 Å². The van der Waals surface area contributed by atoms with Crippen molar-refractivity contribution in [1.82, 2.24) is 9.97 Å². The Morgan fingerprint density at radius 1 is 1.59 bits per heavy atom. The minimum atomic E-state index is -3.85. The number of halogens is 1. The normalized spacial score (nSPS) is 28.7. The van der Waals surface area contributed by atoms with E-state index in [4.69, 9.17) is 8.92 Å². The number of nitrogens with zero attached hydrogens (tertiary/aromatic N) is 1. The predicted molar refractivity (Wildman–Crippen MR) is 77.7 cm³/mol. The minimum absolute atomic E-state index is 0.181. The van der Waals surface area contributed by atoms with Gasteiger partial charge in [0.05, 0.1) is 23.5 Å². The summed E-state index contributed by atoms with van der Waals surface area (Å²) >= 11 is 3.14. The number of ether oxygens (including phenoxy) is 1. The number of aromatic amines is 1. The Kier molecular flexibility index (Phi) is 5.19. The molecule has 0 unspecified atom stereocenters. The Balaban J connectivity index is 2.19. The Labute approximate surface area is 133 Å². The first-order valence-electron chi connectivity index (χ1n) is 6.05. The Morgan fingerprint density at radius 3 is 2.86 bits per heavy atom. The largest absolute Gasteiger partial charge is 0.394 e. The van der Waals surface area contributed by atoms with Gasteiger partial charge < -0.3 is 20.3 Å². The van der Waals surface area contributed by atoms with Gasteiger partial charge in [0, 0.05) is 0 Å². The van der Waals surface area contributed by atoms with E-state index in [0.717, 1.165) is 6.26 Å². The lowest BCUT2D eigenvalue weighted by molar-refractivity contribution is -0.00724. The average molecular weight is 400 g/mol. The van der Waals surface area contributed by atoms with Gasteiger partial charge in [0.1, 0.15) is 24.1 Å². The molecule has 10 nitrogen and oxygen atoms in total. The summed E-state index contributed by atoms with van der Waals surface area (Å²) in [6.07, 6.45) is -2.74. The van der Waals surface area contributed by atoms with Gasteiger partial charge in [-0.3, -0.25) is 9.17 Å². The second-order valence-electron chi connectivity index (χ2n) is 4.59. The van der Waals surface area contributed by atoms with Crippen molar-refractivity contribution in [2.24, 2.45) is 0 Å². The predicted octanol–water partition coefficient (Wildman–Crippen LogP) is -1.63. The number of aliphatic hydroxyl groups excluding tert-OH is 2. The number of nitrogens with one attached hydrogen (secondary N) is 2. The van der Waals surface area contributed by atoms with Gasteiger partial charge in [-0.25, -0.2) is 9.78 Å². The molecule has 1 fully saturated rings. The van der Waals surface area contributed by atoms with E-state index in [9.17, 15) is 23.4 Å². The number of hydrogen-bond donors (Lipinski definition) is 4. The molecule has 1 aromatic heterocycles. The van der Waals surface area contributed by atoms with E-state index in [2.05, 4.69) is 31.2 Å². The van der Waals surface area contributed by atoms with Crippen LogP contribution >= 0.6 is 15.9 Å². The third-order valence-corrected chi connectivity index (χ3v) is 4.03. The first-order chi connectivity index (χ1) is 10.2. The van der Waals surface area contributed by atoms with E-state index >= 15 is 0 Å². The van der Waals surface area contributed by atoms with E-state index in [1.807, 2.05) is 0 Å². The fourth-order valence-corrected chi connectivity index (χ4v) is 2.91. The lowest BCUT2D eigenvalue weighted by Crippen LogP contribution is -2.40. The van der Waals surface area contributed by atoms with E-state index in [1.165, 1.54) is 6.20 Å². The first kappa shape index (κ1) is 17.3. The lowest BCUT2D eigenvalue weighted by atomic mass is 10.1. The molecule has 1 saturated heterocycles. The summed E-state index contributed by atoms with van der Waals surface area (Å²) in [7, 11) is -3.85. The van der Waals surface area contributed by atoms with Crippen molar-refractivity contribution in [3.8, 4) is 0 Å². The van der Waals surface area contributed by atoms with E-state index < -0.39 is 47.0 Å². The van der Waals surface area contributed by atoms with Gasteiger partial charge in [-0.05, 0) is 15.9 Å². The minimum Gasteiger partial charge on any atom is -0.394 e. The van der Waals surface area contributed by atoms with Crippen molar-refractivity contribution in [2.45, 2.75) is 24.5 Å². The van der Waals surface area contributed by atoms with Crippen LogP contribution in [0.1, 0.15) is 0 Å². The van der Waals surface area contributed by atoms with Crippen LogP contribution in [-0.2, 0) is 19.0 Å². The maximum atomic E-state index is 11.2. The van der Waals surface area contributed by atoms with Crippen LogP contribution in [0.4, 0.5) is 5.82 Å². The molecule has 0 spiro atoms. The van der Waals surface area contributed by atoms with Crippen molar-refractivity contribution in [2.75, 3.05) is 18.2 Å². The van der Waals surface area contributed by atoms with Crippen molar-refractivity contribution >= 4 is 31.9 Å². The van der Waals surface area contributed by atoms with Gasteiger partial charge in [-0.1, -0.05) is 0 Å². The van der Waals surface area contributed by atoms with Gasteiger partial charge in [0.2, 0.25) is 0 Å². The highest BCUT2D eigenvalue weighted by atomic mass is 79.9. The molecule has 0 bridgehead atoms. The molecular weight excluding hydrogens is 386 g/mol. The van der Waals surface area contributed by atoms with Crippen molar-refractivity contribution in [3.63, 3.8) is 0 Å². The van der Waals surface area contributed by atoms with Gasteiger partial charge in [0.25, 0.3) is 10.1 Å². The molecule has 2 heterocycles. The summed E-state index contributed by atoms with van der Waals surface area (Å²) in [6.45, 7) is -0.552. The Hall–Kier alpha value is -1.05. The highest BCUT2D eigenvalue weighted by Crippen LogP contribution is 2.27. The summed E-state index contributed by atoms with van der Waals surface area (Å²) in [6, 6.07) is 0. The van der Waals surface area contributed by atoms with Gasteiger partial charge in [-0.15, -0.1) is 0 Å². The van der Waals surface area contributed by atoms with Gasteiger partial charge >= 0.3 is 5.69 Å². The summed E-state index contributed by atoms with van der Waals surface area (Å²) in [4.78, 5) is 17.1. The fourth-order valence-electron chi connectivity index (χ4n) is 1.95. The monoisotopic (exact) mass is 399 g/mol. The van der Waals surface area contributed by atoms with Gasteiger partial charge in [-0.2, -0.15) is 8.42 Å². The fraction of sp³-hybridized carbons (Fsp3) is 0.600. The molecule has 0 radical (unpaired) electrons. The third kappa shape index (κ3) is 4.02. The third-order valence-electron chi connectivity index (χ3n) is 2.85. The number of aromatic nitrogens is 2. The van der Waals surface area contributed by atoms with Crippen LogP contribution in [0.2, 0.25) is 0 Å². The maximum Gasteiger partial charge on any atom is 0.346 e. The molecule has 0 saturated carbocycles. The molecule has 0 amide bonds. The van der Waals surface area contributed by atoms with Crippen molar-refractivity contribution in [1.29, 1.82) is 0 Å². The molecule has 1 aromatic rings. The van der Waals surface area contributed by atoms with Crippen LogP contribution in [0.25, 0.3) is 0 Å². The van der Waals surface area contributed by atoms with Crippen molar-refractivity contribution < 1.29 is 27.6 Å². The number of rotatable bonds is 5. The quantitative estimate of drug-likeness (QED) is 0.427. The molecule has 4 atom stereocenters. The van der Waals surface area contributed by atoms with Crippen LogP contribution in [-0.4, -0.2) is 66.0 Å². The number of anilines is 1. The highest BCUT2D eigenvalue weighted by molar-refractivity contribution is 9.10. The summed E-state index contributed by atoms with van der Waals surface area (Å²) < 4.78 is 32.9. The van der Waals surface area contributed by atoms with Crippen LogP contribution in [0.15, 0.2) is 15.5 Å². The molecule has 12 heteroatoms. The zero-order valence-corrected chi connectivity index (χ0v) is 13.7. The molecular formula is C10H14BrN3O7S. The van der Waals surface area contributed by atoms with E-state index in [1.54, 1.807) is 0 Å². The lowest BCUT2D eigenvalue weighted by Gasteiger charge is -2.19. The standard InChI is InChI=1S/C10H14BrN3O7S/c1-22(18,19)21-7-5(3-15)20-9(6(7)16)13-8-4(11)2-12-10(17)14-8/h2,5-7,9,15-16H,3H2,1H3,(H2,12,13,14,17)/t5-,6-,7+,9-/m1/s1. The summed E-state index contributed by atoms with van der Waals surface area (Å²) in [5, 5.41) is 22.0. The van der Waals surface area contributed by atoms with Crippen LogP contribution in [0.5, 0.6) is 0 Å². The maximum absolute atomic E-state index is 11.2. The smallest absolute Gasteiger partial charge is 0.346 e. The zero-order chi connectivity index (χ0) is 16.5. The van der Waals surface area contributed by atoms with Crippen molar-refractivity contribution in [3.05, 3.63) is 21.2 Å². The molecule has 0 aliphatic carbocycles. The number of hydrogen-bond acceptors (Lipinski definition) is 9. The Morgan fingerprint density at radius 2 is 2.27 bits per heavy atom. The van der Waals surface area contributed by atoms with Gasteiger partial charge in [0.15, 0.2) is 6.23 Å². The summed E-state index contributed by atoms with van der Waals surface area (Å²) in [5.74, 6) is 0.181. The number of aliphatic hydroxyl groups is 2. The second-order valence-corrected chi connectivity index (χ2v) is 7.04. The topological polar surface area (TPSA) is 151 Å². The Bertz CT molecular complexity index is 694. The first-order valence-corrected chi connectivity index (χ1v) is 8.66.